The van der Waals surface area contributed by atoms with E-state index in [1.54, 1.807) is 0 Å². The lowest BCUT2D eigenvalue weighted by atomic mass is 10.1. The molecule has 0 aliphatic heterocycles. The van der Waals surface area contributed by atoms with Crippen LogP contribution in [0.15, 0.2) is 72.9 Å². The minimum Gasteiger partial charge on any atom is -0.462 e. The van der Waals surface area contributed by atoms with Gasteiger partial charge in [0.05, 0.1) is 0 Å². The Morgan fingerprint density at radius 1 is 0.339 bits per heavy atom. The van der Waals surface area contributed by atoms with E-state index in [-0.39, 0.29) is 31.1 Å². The average molecular weight is 865 g/mol. The predicted molar refractivity (Wildman–Crippen MR) is 265 cm³/mol. The molecule has 0 N–H and O–H groups in total. The van der Waals surface area contributed by atoms with Crippen molar-refractivity contribution in [2.45, 2.75) is 252 Å². The standard InChI is InChI=1S/C56H96O6/c1-4-7-10-13-16-19-22-24-26-27-28-29-31-32-34-37-40-43-46-49-55(58)61-52-53(51-60-54(57)48-45-42-39-36-21-18-15-12-9-6-3)62-56(59)50-47-44-41-38-35-33-30-25-23-20-17-14-11-8-5-2/h7,10,12,15-16,19,24-26,28-30,53H,4-6,8-9,11,13-14,17-18,20-23,27,31-52H2,1-3H3/b10-7-,15-12-,19-16-,26-24-,29-28-,30-25-. The van der Waals surface area contributed by atoms with Crippen molar-refractivity contribution in [2.24, 2.45) is 0 Å². The fourth-order valence-corrected chi connectivity index (χ4v) is 7.02. The van der Waals surface area contributed by atoms with Crippen molar-refractivity contribution in [3.63, 3.8) is 0 Å². The first-order valence-corrected chi connectivity index (χ1v) is 25.9. The van der Waals surface area contributed by atoms with Crippen molar-refractivity contribution < 1.29 is 28.6 Å². The predicted octanol–water partition coefficient (Wildman–Crippen LogP) is 17.0. The molecule has 356 valence electrons. The first kappa shape index (κ1) is 58.9. The molecule has 62 heavy (non-hydrogen) atoms. The molecule has 0 amide bonds. The Hall–Kier alpha value is -3.15. The van der Waals surface area contributed by atoms with Crippen molar-refractivity contribution in [2.75, 3.05) is 13.2 Å². The number of carbonyl (C=O) groups excluding carboxylic acids is 3. The minimum atomic E-state index is -0.788. The number of rotatable bonds is 46. The molecule has 0 saturated carbocycles. The summed E-state index contributed by atoms with van der Waals surface area (Å²) in [7, 11) is 0. The quantitative estimate of drug-likeness (QED) is 0.0262. The van der Waals surface area contributed by atoms with Gasteiger partial charge < -0.3 is 14.2 Å². The number of ether oxygens (including phenoxy) is 3. The zero-order chi connectivity index (χ0) is 45.1. The van der Waals surface area contributed by atoms with Crippen LogP contribution in [0, 0.1) is 0 Å². The zero-order valence-electron chi connectivity index (χ0n) is 40.6. The zero-order valence-corrected chi connectivity index (χ0v) is 40.6. The highest BCUT2D eigenvalue weighted by atomic mass is 16.6. The molecule has 1 atom stereocenters. The van der Waals surface area contributed by atoms with Crippen molar-refractivity contribution in [3.05, 3.63) is 72.9 Å². The summed E-state index contributed by atoms with van der Waals surface area (Å²) in [6.07, 6.45) is 63.1. The Bertz CT molecular complexity index is 1180. The number of esters is 3. The van der Waals surface area contributed by atoms with Crippen LogP contribution in [0.4, 0.5) is 0 Å². The number of allylic oxidation sites excluding steroid dienone is 12. The first-order chi connectivity index (χ1) is 30.5. The van der Waals surface area contributed by atoms with Crippen LogP contribution in [0.25, 0.3) is 0 Å². The molecule has 0 saturated heterocycles. The second-order valence-electron chi connectivity index (χ2n) is 17.0. The highest BCUT2D eigenvalue weighted by Crippen LogP contribution is 2.14. The summed E-state index contributed by atoms with van der Waals surface area (Å²) < 4.78 is 16.8. The SMILES string of the molecule is CC/C=C\C/C=C\C/C=C\C/C=C\CCCCCCCCC(=O)OCC(COC(=O)CCCCCCC/C=C\CCC)OC(=O)CCCCCCC/C=C\CCCCCCCC. The van der Waals surface area contributed by atoms with Gasteiger partial charge in [0.2, 0.25) is 0 Å². The van der Waals surface area contributed by atoms with Crippen LogP contribution in [0.2, 0.25) is 0 Å². The largest absolute Gasteiger partial charge is 0.462 e. The molecule has 0 aromatic heterocycles. The minimum absolute atomic E-state index is 0.0881. The molecule has 0 radical (unpaired) electrons. The van der Waals surface area contributed by atoms with E-state index in [4.69, 9.17) is 14.2 Å². The van der Waals surface area contributed by atoms with E-state index in [9.17, 15) is 14.4 Å². The molecule has 0 aliphatic rings. The van der Waals surface area contributed by atoms with E-state index < -0.39 is 6.10 Å². The lowest BCUT2D eigenvalue weighted by molar-refractivity contribution is -0.167. The molecule has 0 aromatic rings. The molecular formula is C56H96O6. The van der Waals surface area contributed by atoms with Crippen LogP contribution >= 0.6 is 0 Å². The molecule has 0 aromatic carbocycles. The van der Waals surface area contributed by atoms with Crippen molar-refractivity contribution in [3.8, 4) is 0 Å². The smallest absolute Gasteiger partial charge is 0.306 e. The van der Waals surface area contributed by atoms with Crippen LogP contribution in [0.5, 0.6) is 0 Å². The Labute approximate surface area is 382 Å². The maximum Gasteiger partial charge on any atom is 0.306 e. The van der Waals surface area contributed by atoms with Gasteiger partial charge in [-0.3, -0.25) is 14.4 Å². The van der Waals surface area contributed by atoms with Gasteiger partial charge in [0.25, 0.3) is 0 Å². The first-order valence-electron chi connectivity index (χ1n) is 25.9. The van der Waals surface area contributed by atoms with Gasteiger partial charge in [0, 0.05) is 19.3 Å². The van der Waals surface area contributed by atoms with E-state index >= 15 is 0 Å². The normalized spacial score (nSPS) is 12.6. The fourth-order valence-electron chi connectivity index (χ4n) is 7.02. The van der Waals surface area contributed by atoms with Gasteiger partial charge in [-0.15, -0.1) is 0 Å². The van der Waals surface area contributed by atoms with Crippen LogP contribution in [-0.2, 0) is 28.6 Å². The van der Waals surface area contributed by atoms with Gasteiger partial charge >= 0.3 is 17.9 Å². The number of unbranched alkanes of at least 4 members (excludes halogenated alkanes) is 23. The molecule has 6 heteroatoms. The van der Waals surface area contributed by atoms with E-state index in [0.717, 1.165) is 116 Å². The molecule has 0 spiro atoms. The third-order valence-electron chi connectivity index (χ3n) is 10.9. The lowest BCUT2D eigenvalue weighted by Gasteiger charge is -2.18. The molecule has 0 heterocycles. The van der Waals surface area contributed by atoms with Gasteiger partial charge in [-0.25, -0.2) is 0 Å². The van der Waals surface area contributed by atoms with Gasteiger partial charge in [-0.05, 0) is 103 Å². The fraction of sp³-hybridized carbons (Fsp3) is 0.732. The Kier molecular flexibility index (Phi) is 47.9. The van der Waals surface area contributed by atoms with E-state index in [2.05, 4.69) is 93.7 Å². The van der Waals surface area contributed by atoms with Crippen molar-refractivity contribution >= 4 is 17.9 Å². The molecule has 0 fully saturated rings. The summed E-state index contributed by atoms with van der Waals surface area (Å²) in [6, 6.07) is 0. The van der Waals surface area contributed by atoms with Crippen LogP contribution < -0.4 is 0 Å². The number of hydrogen-bond acceptors (Lipinski definition) is 6. The highest BCUT2D eigenvalue weighted by Gasteiger charge is 2.19. The average Bonchev–Trinajstić information content (AvgIpc) is 3.27. The van der Waals surface area contributed by atoms with E-state index in [1.807, 2.05) is 0 Å². The van der Waals surface area contributed by atoms with Crippen molar-refractivity contribution in [1.82, 2.24) is 0 Å². The topological polar surface area (TPSA) is 78.9 Å². The molecule has 0 rings (SSSR count). The maximum absolute atomic E-state index is 12.8. The third-order valence-corrected chi connectivity index (χ3v) is 10.9. The summed E-state index contributed by atoms with van der Waals surface area (Å²) in [4.78, 5) is 37.9. The molecule has 1 unspecified atom stereocenters. The Morgan fingerprint density at radius 2 is 0.661 bits per heavy atom. The van der Waals surface area contributed by atoms with Crippen LogP contribution in [0.3, 0.4) is 0 Å². The van der Waals surface area contributed by atoms with Crippen molar-refractivity contribution in [1.29, 1.82) is 0 Å². The summed E-state index contributed by atoms with van der Waals surface area (Å²) in [5.74, 6) is -0.920. The van der Waals surface area contributed by atoms with Gasteiger partial charge in [0.1, 0.15) is 13.2 Å². The lowest BCUT2D eigenvalue weighted by Crippen LogP contribution is -2.30. The third kappa shape index (κ3) is 47.9. The molecular weight excluding hydrogens is 769 g/mol. The summed E-state index contributed by atoms with van der Waals surface area (Å²) in [5.41, 5.74) is 0. The monoisotopic (exact) mass is 865 g/mol. The summed E-state index contributed by atoms with van der Waals surface area (Å²) in [6.45, 7) is 6.43. The van der Waals surface area contributed by atoms with E-state index in [0.29, 0.717) is 19.3 Å². The molecule has 0 bridgehead atoms. The van der Waals surface area contributed by atoms with E-state index in [1.165, 1.54) is 89.9 Å². The molecule has 6 nitrogen and oxygen atoms in total. The highest BCUT2D eigenvalue weighted by molar-refractivity contribution is 5.71. The molecule has 0 aliphatic carbocycles. The maximum atomic E-state index is 12.8. The second-order valence-corrected chi connectivity index (χ2v) is 17.0. The van der Waals surface area contributed by atoms with Crippen LogP contribution in [0.1, 0.15) is 245 Å². The van der Waals surface area contributed by atoms with Gasteiger partial charge in [-0.1, -0.05) is 196 Å². The number of hydrogen-bond donors (Lipinski definition) is 0. The Balaban J connectivity index is 4.38. The second kappa shape index (κ2) is 50.5. The van der Waals surface area contributed by atoms with Gasteiger partial charge in [0.15, 0.2) is 6.10 Å². The van der Waals surface area contributed by atoms with Gasteiger partial charge in [-0.2, -0.15) is 0 Å². The number of carbonyl (C=O) groups is 3. The Morgan fingerprint density at radius 3 is 1.06 bits per heavy atom. The van der Waals surface area contributed by atoms with Crippen LogP contribution in [-0.4, -0.2) is 37.2 Å². The summed E-state index contributed by atoms with van der Waals surface area (Å²) >= 11 is 0. The summed E-state index contributed by atoms with van der Waals surface area (Å²) in [5, 5.41) is 0.